The van der Waals surface area contributed by atoms with E-state index < -0.39 is 0 Å². The minimum atomic E-state index is 0.272. The molecule has 0 amide bonds. The van der Waals surface area contributed by atoms with Crippen LogP contribution in [0.2, 0.25) is 0 Å². The monoisotopic (exact) mass is 371 g/mol. The molecular weight excluding hydrogens is 348 g/mol. The van der Waals surface area contributed by atoms with Crippen LogP contribution in [0.3, 0.4) is 0 Å². The molecule has 0 saturated carbocycles. The summed E-state index contributed by atoms with van der Waals surface area (Å²) in [5.74, 6) is 0. The van der Waals surface area contributed by atoms with Crippen LogP contribution in [-0.2, 0) is 6.54 Å². The van der Waals surface area contributed by atoms with E-state index in [4.69, 9.17) is 4.98 Å². The number of hydrogen-bond donors (Lipinski definition) is 1. The van der Waals surface area contributed by atoms with Gasteiger partial charge in [0, 0.05) is 22.1 Å². The lowest BCUT2D eigenvalue weighted by Crippen LogP contribution is -2.84. The molecule has 2 N–H and O–H groups in total. The van der Waals surface area contributed by atoms with Crippen molar-refractivity contribution in [3.8, 4) is 10.6 Å². The van der Waals surface area contributed by atoms with Crippen LogP contribution in [0, 0.1) is 6.92 Å². The quantitative estimate of drug-likeness (QED) is 0.509. The van der Waals surface area contributed by atoms with Gasteiger partial charge in [0.1, 0.15) is 23.3 Å². The predicted octanol–water partition coefficient (Wildman–Crippen LogP) is 4.97. The Morgan fingerprint density at radius 3 is 2.15 bits per heavy atom. The Bertz CT molecular complexity index is 976. The lowest BCUT2D eigenvalue weighted by molar-refractivity contribution is -0.702. The smallest absolute Gasteiger partial charge is 0.138 e. The second-order valence-corrected chi connectivity index (χ2v) is 7.61. The summed E-state index contributed by atoms with van der Waals surface area (Å²) in [4.78, 5) is 4.84. The van der Waals surface area contributed by atoms with E-state index in [0.717, 1.165) is 17.2 Å². The van der Waals surface area contributed by atoms with Crippen molar-refractivity contribution in [3.63, 3.8) is 0 Å². The Balaban J connectivity index is 1.54. The third kappa shape index (κ3) is 4.33. The topological polar surface area (TPSA) is 29.5 Å². The van der Waals surface area contributed by atoms with Crippen LogP contribution in [0.1, 0.15) is 28.4 Å². The molecular formula is C24H23N2S+. The molecule has 134 valence electrons. The van der Waals surface area contributed by atoms with Crippen molar-refractivity contribution in [2.75, 3.05) is 0 Å². The maximum absolute atomic E-state index is 4.84. The lowest BCUT2D eigenvalue weighted by Gasteiger charge is -2.16. The molecule has 0 saturated heterocycles. The Morgan fingerprint density at radius 2 is 1.44 bits per heavy atom. The fourth-order valence-electron chi connectivity index (χ4n) is 3.25. The number of benzene rings is 3. The SMILES string of the molecule is Cc1ccc([C@@H]([NH2+]Cc2csc(-c3ccccc3)n2)c2ccccc2)cc1. The van der Waals surface area contributed by atoms with E-state index in [-0.39, 0.29) is 6.04 Å². The molecule has 0 radical (unpaired) electrons. The second-order valence-electron chi connectivity index (χ2n) is 6.75. The van der Waals surface area contributed by atoms with Crippen LogP contribution < -0.4 is 5.32 Å². The minimum Gasteiger partial charge on any atom is -0.331 e. The van der Waals surface area contributed by atoms with Crippen LogP contribution in [0.4, 0.5) is 0 Å². The molecule has 0 aliphatic rings. The van der Waals surface area contributed by atoms with Gasteiger partial charge in [-0.15, -0.1) is 11.3 Å². The van der Waals surface area contributed by atoms with E-state index in [9.17, 15) is 0 Å². The number of aromatic nitrogens is 1. The Morgan fingerprint density at radius 1 is 0.815 bits per heavy atom. The van der Waals surface area contributed by atoms with Gasteiger partial charge in [0.05, 0.1) is 0 Å². The zero-order valence-corrected chi connectivity index (χ0v) is 16.2. The van der Waals surface area contributed by atoms with Gasteiger partial charge < -0.3 is 5.32 Å². The molecule has 27 heavy (non-hydrogen) atoms. The molecule has 0 aliphatic heterocycles. The first-order valence-electron chi connectivity index (χ1n) is 9.24. The molecule has 0 spiro atoms. The van der Waals surface area contributed by atoms with Gasteiger partial charge in [0.15, 0.2) is 0 Å². The molecule has 0 unspecified atom stereocenters. The maximum atomic E-state index is 4.84. The first-order chi connectivity index (χ1) is 13.3. The first kappa shape index (κ1) is 17.7. The molecule has 4 aromatic rings. The molecule has 2 nitrogen and oxygen atoms in total. The highest BCUT2D eigenvalue weighted by Crippen LogP contribution is 2.23. The summed E-state index contributed by atoms with van der Waals surface area (Å²) < 4.78 is 0. The molecule has 0 aliphatic carbocycles. The van der Waals surface area contributed by atoms with E-state index in [1.807, 2.05) is 6.07 Å². The molecule has 0 bridgehead atoms. The van der Waals surface area contributed by atoms with Gasteiger partial charge in [0.2, 0.25) is 0 Å². The third-order valence-electron chi connectivity index (χ3n) is 4.73. The van der Waals surface area contributed by atoms with Gasteiger partial charge in [-0.1, -0.05) is 90.5 Å². The normalized spacial score (nSPS) is 12.0. The Kier molecular flexibility index (Phi) is 5.42. The zero-order chi connectivity index (χ0) is 18.5. The van der Waals surface area contributed by atoms with Gasteiger partial charge in [-0.3, -0.25) is 0 Å². The fraction of sp³-hybridized carbons (Fsp3) is 0.125. The van der Waals surface area contributed by atoms with Crippen molar-refractivity contribution in [1.82, 2.24) is 4.98 Å². The van der Waals surface area contributed by atoms with Crippen molar-refractivity contribution >= 4 is 11.3 Å². The number of thiazole rings is 1. The summed E-state index contributed by atoms with van der Waals surface area (Å²) in [6, 6.07) is 30.2. The van der Waals surface area contributed by atoms with E-state index in [1.165, 1.54) is 22.3 Å². The van der Waals surface area contributed by atoms with Crippen LogP contribution in [0.15, 0.2) is 90.3 Å². The number of rotatable bonds is 6. The van der Waals surface area contributed by atoms with Gasteiger partial charge in [0.25, 0.3) is 0 Å². The summed E-state index contributed by atoms with van der Waals surface area (Å²) in [6.45, 7) is 2.99. The van der Waals surface area contributed by atoms with Crippen molar-refractivity contribution in [2.24, 2.45) is 0 Å². The van der Waals surface area contributed by atoms with Crippen LogP contribution >= 0.6 is 11.3 Å². The predicted molar refractivity (Wildman–Crippen MR) is 113 cm³/mol. The van der Waals surface area contributed by atoms with Gasteiger partial charge >= 0.3 is 0 Å². The van der Waals surface area contributed by atoms with Crippen LogP contribution in [-0.4, -0.2) is 4.98 Å². The average molecular weight is 372 g/mol. The van der Waals surface area contributed by atoms with E-state index in [0.29, 0.717) is 0 Å². The Labute approximate surface area is 164 Å². The van der Waals surface area contributed by atoms with Crippen LogP contribution in [0.5, 0.6) is 0 Å². The molecule has 3 heteroatoms. The van der Waals surface area contributed by atoms with E-state index >= 15 is 0 Å². The molecule has 1 heterocycles. The largest absolute Gasteiger partial charge is 0.331 e. The Hall–Kier alpha value is -2.75. The van der Waals surface area contributed by atoms with Crippen molar-refractivity contribution in [1.29, 1.82) is 0 Å². The van der Waals surface area contributed by atoms with Crippen LogP contribution in [0.25, 0.3) is 10.6 Å². The molecule has 1 aromatic heterocycles. The number of hydrogen-bond acceptors (Lipinski definition) is 2. The number of aryl methyl sites for hydroxylation is 1. The van der Waals surface area contributed by atoms with E-state index in [1.54, 1.807) is 11.3 Å². The summed E-state index contributed by atoms with van der Waals surface area (Å²) in [7, 11) is 0. The second kappa shape index (κ2) is 8.30. The summed E-state index contributed by atoms with van der Waals surface area (Å²) in [5.41, 5.74) is 6.25. The van der Waals surface area contributed by atoms with Gasteiger partial charge in [-0.2, -0.15) is 0 Å². The highest BCUT2D eigenvalue weighted by atomic mass is 32.1. The maximum Gasteiger partial charge on any atom is 0.138 e. The van der Waals surface area contributed by atoms with Gasteiger partial charge in [-0.25, -0.2) is 4.98 Å². The highest BCUT2D eigenvalue weighted by Gasteiger charge is 2.18. The standard InChI is InChI=1S/C24H22N2S/c1-18-12-14-20(15-13-18)23(19-8-4-2-5-9-19)25-16-22-17-27-24(26-22)21-10-6-3-7-11-21/h2-15,17,23,25H,16H2,1H3/p+1/t23-/m0/s1. The molecule has 3 aromatic carbocycles. The van der Waals surface area contributed by atoms with Gasteiger partial charge in [-0.05, 0) is 6.92 Å². The zero-order valence-electron chi connectivity index (χ0n) is 15.4. The van der Waals surface area contributed by atoms with Crippen molar-refractivity contribution in [3.05, 3.63) is 113 Å². The molecule has 4 rings (SSSR count). The lowest BCUT2D eigenvalue weighted by atomic mass is 9.98. The van der Waals surface area contributed by atoms with Crippen molar-refractivity contribution < 1.29 is 5.32 Å². The number of quaternary nitrogens is 1. The summed E-state index contributed by atoms with van der Waals surface area (Å²) in [6.07, 6.45) is 0. The average Bonchev–Trinajstić information content (AvgIpc) is 3.20. The van der Waals surface area contributed by atoms with E-state index in [2.05, 4.69) is 96.5 Å². The molecule has 0 fully saturated rings. The highest BCUT2D eigenvalue weighted by molar-refractivity contribution is 7.13. The molecule has 1 atom stereocenters. The third-order valence-corrected chi connectivity index (χ3v) is 5.67. The summed E-state index contributed by atoms with van der Waals surface area (Å²) >= 11 is 1.72. The van der Waals surface area contributed by atoms with Crippen molar-refractivity contribution in [2.45, 2.75) is 19.5 Å². The number of nitrogens with zero attached hydrogens (tertiary/aromatic N) is 1. The minimum absolute atomic E-state index is 0.272. The number of nitrogens with two attached hydrogens (primary N) is 1. The summed E-state index contributed by atoms with van der Waals surface area (Å²) in [5, 5.41) is 5.64. The first-order valence-corrected chi connectivity index (χ1v) is 10.1. The fourth-order valence-corrected chi connectivity index (χ4v) is 4.09.